The van der Waals surface area contributed by atoms with E-state index in [-0.39, 0.29) is 6.61 Å². The SMILES string of the molecule is CC(C)N(CCO)Cc1ccnc(NN)c1. The number of nitrogens with zero attached hydrogens (tertiary/aromatic N) is 2. The molecule has 1 rings (SSSR count). The first kappa shape index (κ1) is 12.9. The molecule has 16 heavy (non-hydrogen) atoms. The average Bonchev–Trinajstić information content (AvgIpc) is 2.28. The van der Waals surface area contributed by atoms with E-state index in [0.29, 0.717) is 18.4 Å². The zero-order valence-corrected chi connectivity index (χ0v) is 9.85. The van der Waals surface area contributed by atoms with Gasteiger partial charge in [-0.15, -0.1) is 0 Å². The Morgan fingerprint density at radius 1 is 1.56 bits per heavy atom. The number of anilines is 1. The highest BCUT2D eigenvalue weighted by molar-refractivity contribution is 5.35. The van der Waals surface area contributed by atoms with Gasteiger partial charge in [0.25, 0.3) is 0 Å². The first-order chi connectivity index (χ1) is 7.67. The van der Waals surface area contributed by atoms with Crippen LogP contribution in [0.5, 0.6) is 0 Å². The summed E-state index contributed by atoms with van der Waals surface area (Å²) in [7, 11) is 0. The third-order valence-electron chi connectivity index (χ3n) is 2.48. The molecule has 5 heteroatoms. The molecule has 1 aromatic heterocycles. The Kier molecular flexibility index (Phi) is 5.18. The lowest BCUT2D eigenvalue weighted by Crippen LogP contribution is -2.32. The van der Waals surface area contributed by atoms with Gasteiger partial charge in [0.05, 0.1) is 6.61 Å². The Morgan fingerprint density at radius 2 is 2.31 bits per heavy atom. The minimum atomic E-state index is 0.172. The van der Waals surface area contributed by atoms with E-state index in [2.05, 4.69) is 29.2 Å². The maximum Gasteiger partial charge on any atom is 0.140 e. The molecule has 0 unspecified atom stereocenters. The lowest BCUT2D eigenvalue weighted by atomic mass is 10.2. The van der Waals surface area contributed by atoms with Crippen LogP contribution in [0.4, 0.5) is 5.82 Å². The summed E-state index contributed by atoms with van der Waals surface area (Å²) in [5.41, 5.74) is 3.65. The number of pyridine rings is 1. The molecule has 1 aromatic rings. The van der Waals surface area contributed by atoms with Crippen LogP contribution >= 0.6 is 0 Å². The van der Waals surface area contributed by atoms with Gasteiger partial charge >= 0.3 is 0 Å². The highest BCUT2D eigenvalue weighted by Crippen LogP contribution is 2.10. The largest absolute Gasteiger partial charge is 0.395 e. The van der Waals surface area contributed by atoms with Crippen LogP contribution in [0.3, 0.4) is 0 Å². The van der Waals surface area contributed by atoms with Crippen molar-refractivity contribution in [1.29, 1.82) is 0 Å². The standard InChI is InChI=1S/C11H20N4O/c1-9(2)15(5-6-16)8-10-3-4-13-11(7-10)14-12/h3-4,7,9,16H,5-6,8,12H2,1-2H3,(H,13,14). The summed E-state index contributed by atoms with van der Waals surface area (Å²) in [5, 5.41) is 8.98. The molecule has 0 aromatic carbocycles. The molecule has 0 radical (unpaired) electrons. The van der Waals surface area contributed by atoms with Crippen molar-refractivity contribution in [2.24, 2.45) is 5.84 Å². The van der Waals surface area contributed by atoms with Crippen molar-refractivity contribution in [3.05, 3.63) is 23.9 Å². The first-order valence-electron chi connectivity index (χ1n) is 5.43. The normalized spacial score (nSPS) is 11.1. The van der Waals surface area contributed by atoms with Crippen molar-refractivity contribution in [2.75, 3.05) is 18.6 Å². The molecular formula is C11H20N4O. The monoisotopic (exact) mass is 224 g/mol. The van der Waals surface area contributed by atoms with Gasteiger partial charge in [0.2, 0.25) is 0 Å². The molecule has 0 saturated heterocycles. The van der Waals surface area contributed by atoms with Crippen molar-refractivity contribution in [2.45, 2.75) is 26.4 Å². The number of nitrogens with one attached hydrogen (secondary N) is 1. The maximum atomic E-state index is 8.98. The number of hydrogen-bond acceptors (Lipinski definition) is 5. The van der Waals surface area contributed by atoms with Gasteiger partial charge in [0.15, 0.2) is 0 Å². The van der Waals surface area contributed by atoms with Crippen molar-refractivity contribution >= 4 is 5.82 Å². The van der Waals surface area contributed by atoms with Gasteiger partial charge in [0.1, 0.15) is 5.82 Å². The number of aliphatic hydroxyl groups is 1. The minimum Gasteiger partial charge on any atom is -0.395 e. The molecule has 5 nitrogen and oxygen atoms in total. The molecule has 0 amide bonds. The molecule has 0 aliphatic carbocycles. The van der Waals surface area contributed by atoms with Crippen molar-refractivity contribution in [3.8, 4) is 0 Å². The topological polar surface area (TPSA) is 74.4 Å². The molecule has 0 fully saturated rings. The van der Waals surface area contributed by atoms with Crippen LogP contribution in [0.15, 0.2) is 18.3 Å². The smallest absolute Gasteiger partial charge is 0.140 e. The summed E-state index contributed by atoms with van der Waals surface area (Å²) >= 11 is 0. The second-order valence-electron chi connectivity index (χ2n) is 3.98. The van der Waals surface area contributed by atoms with Crippen LogP contribution in [0.2, 0.25) is 0 Å². The van der Waals surface area contributed by atoms with Gasteiger partial charge in [-0.25, -0.2) is 10.8 Å². The Balaban J connectivity index is 2.68. The third kappa shape index (κ3) is 3.77. The molecule has 1 heterocycles. The first-order valence-corrected chi connectivity index (χ1v) is 5.43. The highest BCUT2D eigenvalue weighted by atomic mass is 16.3. The quantitative estimate of drug-likeness (QED) is 0.486. The van der Waals surface area contributed by atoms with Gasteiger partial charge < -0.3 is 10.5 Å². The maximum absolute atomic E-state index is 8.98. The summed E-state index contributed by atoms with van der Waals surface area (Å²) in [6.07, 6.45) is 1.72. The zero-order valence-electron chi connectivity index (χ0n) is 9.85. The number of aromatic nitrogens is 1. The van der Waals surface area contributed by atoms with E-state index in [1.165, 1.54) is 0 Å². The van der Waals surface area contributed by atoms with Crippen molar-refractivity contribution in [3.63, 3.8) is 0 Å². The van der Waals surface area contributed by atoms with E-state index in [1.54, 1.807) is 6.20 Å². The second kappa shape index (κ2) is 6.42. The number of nitrogen functional groups attached to an aromatic ring is 1. The summed E-state index contributed by atoms with van der Waals surface area (Å²) in [6.45, 7) is 5.85. The molecule has 0 spiro atoms. The summed E-state index contributed by atoms with van der Waals surface area (Å²) in [4.78, 5) is 6.24. The molecule has 0 aliphatic rings. The fraction of sp³-hybridized carbons (Fsp3) is 0.545. The Labute approximate surface area is 96.3 Å². The molecule has 0 atom stereocenters. The zero-order chi connectivity index (χ0) is 12.0. The van der Waals surface area contributed by atoms with E-state index in [4.69, 9.17) is 10.9 Å². The van der Waals surface area contributed by atoms with Crippen LogP contribution in [-0.2, 0) is 6.54 Å². The van der Waals surface area contributed by atoms with Crippen molar-refractivity contribution in [1.82, 2.24) is 9.88 Å². The van der Waals surface area contributed by atoms with Crippen LogP contribution in [0.1, 0.15) is 19.4 Å². The number of rotatable bonds is 6. The predicted octanol–water partition coefficient (Wildman–Crippen LogP) is 0.570. The summed E-state index contributed by atoms with van der Waals surface area (Å²) < 4.78 is 0. The van der Waals surface area contributed by atoms with Crippen molar-refractivity contribution < 1.29 is 5.11 Å². The molecule has 90 valence electrons. The summed E-state index contributed by atoms with van der Waals surface area (Å²) in [6, 6.07) is 4.26. The third-order valence-corrected chi connectivity index (χ3v) is 2.48. The van der Waals surface area contributed by atoms with Crippen LogP contribution in [-0.4, -0.2) is 34.2 Å². The Hall–Kier alpha value is -1.17. The van der Waals surface area contributed by atoms with Gasteiger partial charge in [-0.05, 0) is 31.5 Å². The highest BCUT2D eigenvalue weighted by Gasteiger charge is 2.09. The molecule has 4 N–H and O–H groups in total. The number of aliphatic hydroxyl groups excluding tert-OH is 1. The van der Waals surface area contributed by atoms with Crippen LogP contribution in [0.25, 0.3) is 0 Å². The lowest BCUT2D eigenvalue weighted by molar-refractivity contribution is 0.159. The van der Waals surface area contributed by atoms with Gasteiger partial charge in [0, 0.05) is 25.3 Å². The summed E-state index contributed by atoms with van der Waals surface area (Å²) in [5.74, 6) is 5.96. The van der Waals surface area contributed by atoms with E-state index in [1.807, 2.05) is 12.1 Å². The van der Waals surface area contributed by atoms with Gasteiger partial charge in [-0.2, -0.15) is 0 Å². The molecule has 0 bridgehead atoms. The van der Waals surface area contributed by atoms with Crippen LogP contribution in [0, 0.1) is 0 Å². The van der Waals surface area contributed by atoms with E-state index < -0.39 is 0 Å². The van der Waals surface area contributed by atoms with E-state index in [9.17, 15) is 0 Å². The number of nitrogens with two attached hydrogens (primary N) is 1. The van der Waals surface area contributed by atoms with E-state index >= 15 is 0 Å². The molecule has 0 saturated carbocycles. The predicted molar refractivity (Wildman–Crippen MR) is 64.7 cm³/mol. The number of hydrogen-bond donors (Lipinski definition) is 3. The fourth-order valence-corrected chi connectivity index (χ4v) is 1.53. The van der Waals surface area contributed by atoms with Gasteiger partial charge in [-0.1, -0.05) is 0 Å². The van der Waals surface area contributed by atoms with Gasteiger partial charge in [-0.3, -0.25) is 4.90 Å². The second-order valence-corrected chi connectivity index (χ2v) is 3.98. The molecule has 0 aliphatic heterocycles. The number of hydrazine groups is 1. The van der Waals surface area contributed by atoms with Crippen LogP contribution < -0.4 is 11.3 Å². The molecular weight excluding hydrogens is 204 g/mol. The average molecular weight is 224 g/mol. The Morgan fingerprint density at radius 3 is 2.88 bits per heavy atom. The lowest BCUT2D eigenvalue weighted by Gasteiger charge is -2.25. The fourth-order valence-electron chi connectivity index (χ4n) is 1.53. The minimum absolute atomic E-state index is 0.172. The Bertz CT molecular complexity index is 317. The van der Waals surface area contributed by atoms with E-state index in [0.717, 1.165) is 12.1 Å².